The molecule has 0 spiro atoms. The van der Waals surface area contributed by atoms with Crippen molar-refractivity contribution in [1.82, 2.24) is 20.5 Å². The fourth-order valence-electron chi connectivity index (χ4n) is 2.44. The Hall–Kier alpha value is -1.14. The molecule has 2 heterocycles. The van der Waals surface area contributed by atoms with Gasteiger partial charge in [0.05, 0.1) is 6.61 Å². The van der Waals surface area contributed by atoms with Crippen LogP contribution in [0.3, 0.4) is 0 Å². The van der Waals surface area contributed by atoms with Crippen molar-refractivity contribution in [3.05, 3.63) is 5.82 Å². The molecule has 0 radical (unpaired) electrons. The third-order valence-corrected chi connectivity index (χ3v) is 3.19. The Morgan fingerprint density at radius 3 is 2.68 bits per heavy atom. The minimum absolute atomic E-state index is 0.471. The number of rotatable bonds is 6. The highest BCUT2D eigenvalue weighted by atomic mass is 16.5. The number of H-pyrrole nitrogens is 1. The van der Waals surface area contributed by atoms with Crippen molar-refractivity contribution in [3.8, 4) is 0 Å². The first-order chi connectivity index (χ1) is 9.19. The highest BCUT2D eigenvalue weighted by Gasteiger charge is 2.23. The van der Waals surface area contributed by atoms with Gasteiger partial charge >= 0.3 is 0 Å². The van der Waals surface area contributed by atoms with Crippen LogP contribution >= 0.6 is 0 Å². The molecule has 0 aromatic carbocycles. The fraction of sp³-hybridized carbons (Fsp3) is 0.846. The van der Waals surface area contributed by atoms with E-state index in [4.69, 9.17) is 4.74 Å². The predicted octanol–water partition coefficient (Wildman–Crippen LogP) is 0.960. The highest BCUT2D eigenvalue weighted by molar-refractivity contribution is 5.30. The molecule has 0 saturated carbocycles. The number of ether oxygens (including phenoxy) is 1. The van der Waals surface area contributed by atoms with Crippen LogP contribution in [0.1, 0.15) is 33.0 Å². The number of hydrogen-bond donors (Lipinski definition) is 2. The van der Waals surface area contributed by atoms with Crippen LogP contribution in [-0.2, 0) is 11.2 Å². The molecule has 2 atom stereocenters. The normalized spacial score (nSPS) is 23.8. The zero-order chi connectivity index (χ0) is 13.7. The molecule has 2 unspecified atom stereocenters. The standard InChI is InChI=1S/C13H25N5O/c1-4-6-19-7-5-12-15-13(17-16-12)18-8-10(2)14-11(3)9-18/h10-11,14H,4-9H2,1-3H3,(H,15,16,17). The van der Waals surface area contributed by atoms with Gasteiger partial charge in [-0.3, -0.25) is 5.10 Å². The van der Waals surface area contributed by atoms with Gasteiger partial charge in [-0.1, -0.05) is 6.92 Å². The van der Waals surface area contributed by atoms with Crippen molar-refractivity contribution >= 4 is 5.95 Å². The van der Waals surface area contributed by atoms with Crippen molar-refractivity contribution in [1.29, 1.82) is 0 Å². The molecule has 19 heavy (non-hydrogen) atoms. The van der Waals surface area contributed by atoms with Gasteiger partial charge < -0.3 is 15.0 Å². The molecule has 1 saturated heterocycles. The summed E-state index contributed by atoms with van der Waals surface area (Å²) in [7, 11) is 0. The third kappa shape index (κ3) is 4.18. The summed E-state index contributed by atoms with van der Waals surface area (Å²) in [6.07, 6.45) is 1.85. The van der Waals surface area contributed by atoms with Crippen LogP contribution in [0.15, 0.2) is 0 Å². The van der Waals surface area contributed by atoms with Crippen molar-refractivity contribution in [2.24, 2.45) is 0 Å². The van der Waals surface area contributed by atoms with E-state index >= 15 is 0 Å². The predicted molar refractivity (Wildman–Crippen MR) is 75.5 cm³/mol. The molecule has 6 nitrogen and oxygen atoms in total. The number of hydrogen-bond acceptors (Lipinski definition) is 5. The lowest BCUT2D eigenvalue weighted by molar-refractivity contribution is 0.136. The Balaban J connectivity index is 1.85. The number of nitrogens with zero attached hydrogens (tertiary/aromatic N) is 3. The van der Waals surface area contributed by atoms with Gasteiger partial charge in [-0.15, -0.1) is 5.10 Å². The Kier molecular flexibility index (Phi) is 5.15. The van der Waals surface area contributed by atoms with Crippen molar-refractivity contribution < 1.29 is 4.74 Å². The van der Waals surface area contributed by atoms with Crippen molar-refractivity contribution in [2.45, 2.75) is 45.7 Å². The summed E-state index contributed by atoms with van der Waals surface area (Å²) in [5.41, 5.74) is 0. The first-order valence-corrected chi connectivity index (χ1v) is 7.19. The van der Waals surface area contributed by atoms with Gasteiger partial charge in [0.2, 0.25) is 5.95 Å². The second kappa shape index (κ2) is 6.86. The van der Waals surface area contributed by atoms with Crippen LogP contribution in [0.4, 0.5) is 5.95 Å². The largest absolute Gasteiger partial charge is 0.381 e. The van der Waals surface area contributed by atoms with E-state index in [1.807, 2.05) is 0 Å². The SMILES string of the molecule is CCCOCCc1nc(N2CC(C)NC(C)C2)n[nH]1. The third-order valence-electron chi connectivity index (χ3n) is 3.19. The zero-order valence-corrected chi connectivity index (χ0v) is 12.1. The fourth-order valence-corrected chi connectivity index (χ4v) is 2.44. The van der Waals surface area contributed by atoms with E-state index in [1.165, 1.54) is 0 Å². The molecule has 6 heteroatoms. The molecule has 1 aliphatic heterocycles. The Morgan fingerprint density at radius 1 is 1.26 bits per heavy atom. The number of aromatic nitrogens is 3. The molecule has 0 amide bonds. The average Bonchev–Trinajstić information content (AvgIpc) is 2.82. The van der Waals surface area contributed by atoms with E-state index in [0.29, 0.717) is 18.7 Å². The summed E-state index contributed by atoms with van der Waals surface area (Å²) in [4.78, 5) is 6.79. The maximum atomic E-state index is 5.46. The molecular weight excluding hydrogens is 242 g/mol. The highest BCUT2D eigenvalue weighted by Crippen LogP contribution is 2.12. The lowest BCUT2D eigenvalue weighted by Gasteiger charge is -2.35. The Bertz CT molecular complexity index is 371. The molecular formula is C13H25N5O. The number of anilines is 1. The van der Waals surface area contributed by atoms with Gasteiger partial charge in [-0.25, -0.2) is 0 Å². The van der Waals surface area contributed by atoms with Crippen LogP contribution in [0.2, 0.25) is 0 Å². The number of piperazine rings is 1. The average molecular weight is 267 g/mol. The Labute approximate surface area is 114 Å². The second-order valence-corrected chi connectivity index (χ2v) is 5.32. The molecule has 2 N–H and O–H groups in total. The lowest BCUT2D eigenvalue weighted by atomic mass is 10.1. The van der Waals surface area contributed by atoms with E-state index in [-0.39, 0.29) is 0 Å². The molecule has 108 valence electrons. The molecule has 0 aliphatic carbocycles. The summed E-state index contributed by atoms with van der Waals surface area (Å²) in [6.45, 7) is 9.91. The summed E-state index contributed by atoms with van der Waals surface area (Å²) < 4.78 is 5.46. The van der Waals surface area contributed by atoms with Crippen molar-refractivity contribution in [2.75, 3.05) is 31.2 Å². The molecule has 1 aliphatic rings. The minimum Gasteiger partial charge on any atom is -0.381 e. The van der Waals surface area contributed by atoms with Crippen LogP contribution in [0, 0.1) is 0 Å². The number of nitrogens with one attached hydrogen (secondary N) is 2. The smallest absolute Gasteiger partial charge is 0.244 e. The van der Waals surface area contributed by atoms with E-state index in [9.17, 15) is 0 Å². The summed E-state index contributed by atoms with van der Waals surface area (Å²) >= 11 is 0. The minimum atomic E-state index is 0.471. The summed E-state index contributed by atoms with van der Waals surface area (Å²) in [5.74, 6) is 1.72. The summed E-state index contributed by atoms with van der Waals surface area (Å²) in [6, 6.07) is 0.942. The first kappa shape index (κ1) is 14.3. The van der Waals surface area contributed by atoms with E-state index in [2.05, 4.69) is 46.2 Å². The van der Waals surface area contributed by atoms with E-state index in [1.54, 1.807) is 0 Å². The van der Waals surface area contributed by atoms with E-state index < -0.39 is 0 Å². The van der Waals surface area contributed by atoms with Gasteiger partial charge in [-0.2, -0.15) is 4.98 Å². The second-order valence-electron chi connectivity index (χ2n) is 5.32. The molecule has 2 rings (SSSR count). The lowest BCUT2D eigenvalue weighted by Crippen LogP contribution is -2.54. The first-order valence-electron chi connectivity index (χ1n) is 7.19. The van der Waals surface area contributed by atoms with Gasteiger partial charge in [0.15, 0.2) is 0 Å². The maximum absolute atomic E-state index is 5.46. The molecule has 0 bridgehead atoms. The quantitative estimate of drug-likeness (QED) is 0.752. The zero-order valence-electron chi connectivity index (χ0n) is 12.1. The Morgan fingerprint density at radius 2 is 2.00 bits per heavy atom. The molecule has 1 aromatic heterocycles. The number of aromatic amines is 1. The van der Waals surface area contributed by atoms with Crippen LogP contribution in [0.25, 0.3) is 0 Å². The monoisotopic (exact) mass is 267 g/mol. The van der Waals surface area contributed by atoms with Crippen LogP contribution < -0.4 is 10.2 Å². The maximum Gasteiger partial charge on any atom is 0.244 e. The van der Waals surface area contributed by atoms with Crippen molar-refractivity contribution in [3.63, 3.8) is 0 Å². The van der Waals surface area contributed by atoms with Gasteiger partial charge in [0.1, 0.15) is 5.82 Å². The summed E-state index contributed by atoms with van der Waals surface area (Å²) in [5, 5.41) is 10.8. The van der Waals surface area contributed by atoms with Gasteiger partial charge in [-0.05, 0) is 20.3 Å². The topological polar surface area (TPSA) is 66.1 Å². The molecule has 1 aromatic rings. The van der Waals surface area contributed by atoms with Crippen LogP contribution in [-0.4, -0.2) is 53.6 Å². The van der Waals surface area contributed by atoms with Gasteiger partial charge in [0.25, 0.3) is 0 Å². The van der Waals surface area contributed by atoms with E-state index in [0.717, 1.165) is 44.3 Å². The van der Waals surface area contributed by atoms with Crippen LogP contribution in [0.5, 0.6) is 0 Å². The molecule has 1 fully saturated rings. The van der Waals surface area contributed by atoms with Gasteiger partial charge in [0, 0.05) is 38.2 Å².